The Morgan fingerprint density at radius 1 is 1.00 bits per heavy atom. The number of carbonyl (C=O) groups excluding carboxylic acids is 2. The first-order valence-corrected chi connectivity index (χ1v) is 7.91. The molecule has 0 saturated heterocycles. The molecular formula is C18H16N2O2. The predicted octanol–water partition coefficient (Wildman–Crippen LogP) is 2.27. The standard InChI is InChI=1S/C18H16N2O2/c21-11-7-17-8-12(22)10-18(17,9-11)16-13(3-1-6-20-16)15-14(17)4-2-5-19-15/h2-5H,1,6-10H2. The van der Waals surface area contributed by atoms with Crippen LogP contribution in [-0.2, 0) is 15.0 Å². The van der Waals surface area contributed by atoms with Crippen LogP contribution < -0.4 is 0 Å². The molecule has 5 rings (SSSR count). The van der Waals surface area contributed by atoms with E-state index in [-0.39, 0.29) is 11.6 Å². The minimum Gasteiger partial charge on any atom is -0.300 e. The molecule has 0 unspecified atom stereocenters. The average Bonchev–Trinajstić information content (AvgIpc) is 2.96. The molecule has 1 aromatic rings. The van der Waals surface area contributed by atoms with E-state index >= 15 is 0 Å². The Hall–Kier alpha value is -2.10. The number of allylic oxidation sites excluding steroid dienone is 1. The van der Waals surface area contributed by atoms with E-state index in [1.54, 1.807) is 6.20 Å². The fourth-order valence-corrected chi connectivity index (χ4v) is 5.31. The summed E-state index contributed by atoms with van der Waals surface area (Å²) >= 11 is 0. The number of fused-ring (bicyclic) bond motifs is 3. The van der Waals surface area contributed by atoms with Crippen molar-refractivity contribution in [3.63, 3.8) is 0 Å². The monoisotopic (exact) mass is 292 g/mol. The molecule has 0 bridgehead atoms. The first-order valence-electron chi connectivity index (χ1n) is 7.91. The van der Waals surface area contributed by atoms with Crippen molar-refractivity contribution in [2.45, 2.75) is 37.5 Å². The maximum atomic E-state index is 12.4. The molecule has 110 valence electrons. The van der Waals surface area contributed by atoms with E-state index in [1.807, 2.05) is 6.07 Å². The molecule has 0 aromatic carbocycles. The van der Waals surface area contributed by atoms with E-state index in [2.05, 4.69) is 17.1 Å². The van der Waals surface area contributed by atoms with Gasteiger partial charge in [0.25, 0.3) is 0 Å². The summed E-state index contributed by atoms with van der Waals surface area (Å²) in [6, 6.07) is 4.00. The largest absolute Gasteiger partial charge is 0.300 e. The van der Waals surface area contributed by atoms with E-state index in [0.717, 1.165) is 35.5 Å². The minimum atomic E-state index is -0.399. The quantitative estimate of drug-likeness (QED) is 0.737. The fourth-order valence-electron chi connectivity index (χ4n) is 5.31. The van der Waals surface area contributed by atoms with Gasteiger partial charge in [0.1, 0.15) is 11.6 Å². The first-order chi connectivity index (χ1) is 10.7. The van der Waals surface area contributed by atoms with Crippen LogP contribution in [0.3, 0.4) is 0 Å². The second-order valence-electron chi connectivity index (χ2n) is 6.99. The number of nitrogens with zero attached hydrogens (tertiary/aromatic N) is 2. The molecule has 4 heteroatoms. The summed E-state index contributed by atoms with van der Waals surface area (Å²) in [5.41, 5.74) is 3.31. The number of carbonyl (C=O) groups is 2. The Kier molecular flexibility index (Phi) is 2.15. The van der Waals surface area contributed by atoms with Crippen molar-refractivity contribution in [3.05, 3.63) is 35.7 Å². The van der Waals surface area contributed by atoms with Gasteiger partial charge in [0.15, 0.2) is 0 Å². The number of pyridine rings is 1. The molecule has 0 atom stereocenters. The number of aromatic nitrogens is 1. The van der Waals surface area contributed by atoms with Gasteiger partial charge < -0.3 is 0 Å². The maximum Gasteiger partial charge on any atom is 0.134 e. The highest BCUT2D eigenvalue weighted by atomic mass is 16.1. The van der Waals surface area contributed by atoms with E-state index < -0.39 is 10.8 Å². The lowest BCUT2D eigenvalue weighted by Crippen LogP contribution is -2.48. The van der Waals surface area contributed by atoms with Crippen LogP contribution in [0.15, 0.2) is 29.4 Å². The summed E-state index contributed by atoms with van der Waals surface area (Å²) in [5, 5.41) is 0. The van der Waals surface area contributed by atoms with Gasteiger partial charge in [0, 0.05) is 54.8 Å². The van der Waals surface area contributed by atoms with Crippen molar-refractivity contribution in [2.24, 2.45) is 10.4 Å². The highest BCUT2D eigenvalue weighted by Gasteiger charge is 2.69. The maximum absolute atomic E-state index is 12.4. The number of rotatable bonds is 0. The summed E-state index contributed by atoms with van der Waals surface area (Å²) in [6.07, 6.45) is 6.74. The highest BCUT2D eigenvalue weighted by Crippen LogP contribution is 2.66. The molecule has 2 saturated carbocycles. The molecule has 4 nitrogen and oxygen atoms in total. The molecule has 2 fully saturated rings. The van der Waals surface area contributed by atoms with Crippen LogP contribution in [0.25, 0.3) is 5.57 Å². The van der Waals surface area contributed by atoms with Crippen molar-refractivity contribution >= 4 is 22.9 Å². The van der Waals surface area contributed by atoms with Crippen molar-refractivity contribution in [2.75, 3.05) is 6.54 Å². The molecular weight excluding hydrogens is 276 g/mol. The van der Waals surface area contributed by atoms with E-state index in [0.29, 0.717) is 25.7 Å². The number of hydrogen-bond donors (Lipinski definition) is 0. The van der Waals surface area contributed by atoms with Gasteiger partial charge in [-0.25, -0.2) is 0 Å². The molecule has 0 N–H and O–H groups in total. The number of dihydropyridines is 1. The Morgan fingerprint density at radius 3 is 2.50 bits per heavy atom. The first kappa shape index (κ1) is 12.4. The van der Waals surface area contributed by atoms with E-state index in [9.17, 15) is 9.59 Å². The molecule has 1 aromatic heterocycles. The lowest BCUT2D eigenvalue weighted by atomic mass is 9.56. The van der Waals surface area contributed by atoms with E-state index in [4.69, 9.17) is 4.99 Å². The van der Waals surface area contributed by atoms with Gasteiger partial charge in [0.2, 0.25) is 0 Å². The molecule has 2 heterocycles. The van der Waals surface area contributed by atoms with Crippen LogP contribution in [0.1, 0.15) is 43.4 Å². The molecule has 0 radical (unpaired) electrons. The van der Waals surface area contributed by atoms with Crippen molar-refractivity contribution in [1.29, 1.82) is 0 Å². The number of hydrogen-bond acceptors (Lipinski definition) is 4. The Labute approximate surface area is 128 Å². The Morgan fingerprint density at radius 2 is 1.73 bits per heavy atom. The van der Waals surface area contributed by atoms with Crippen LogP contribution in [0.2, 0.25) is 0 Å². The minimum absolute atomic E-state index is 0.261. The van der Waals surface area contributed by atoms with Gasteiger partial charge >= 0.3 is 0 Å². The van der Waals surface area contributed by atoms with Gasteiger partial charge in [-0.05, 0) is 18.1 Å². The average molecular weight is 292 g/mol. The lowest BCUT2D eigenvalue weighted by Gasteiger charge is -2.46. The fraction of sp³-hybridized carbons (Fsp3) is 0.444. The smallest absolute Gasteiger partial charge is 0.134 e. The summed E-state index contributed by atoms with van der Waals surface area (Å²) in [5.74, 6) is 0.522. The van der Waals surface area contributed by atoms with Crippen molar-refractivity contribution in [3.8, 4) is 0 Å². The second kappa shape index (κ2) is 3.80. The van der Waals surface area contributed by atoms with Crippen LogP contribution in [0.4, 0.5) is 0 Å². The third kappa shape index (κ3) is 1.21. The summed E-state index contributed by atoms with van der Waals surface area (Å²) < 4.78 is 0. The topological polar surface area (TPSA) is 59.4 Å². The van der Waals surface area contributed by atoms with Crippen LogP contribution >= 0.6 is 0 Å². The molecule has 22 heavy (non-hydrogen) atoms. The zero-order valence-corrected chi connectivity index (χ0v) is 12.3. The van der Waals surface area contributed by atoms with Crippen LogP contribution in [0.5, 0.6) is 0 Å². The Bertz CT molecular complexity index is 783. The lowest BCUT2D eigenvalue weighted by molar-refractivity contribution is -0.120. The molecule has 4 aliphatic rings. The Balaban J connectivity index is 1.91. The van der Waals surface area contributed by atoms with Gasteiger partial charge in [-0.15, -0.1) is 0 Å². The van der Waals surface area contributed by atoms with Crippen LogP contribution in [0, 0.1) is 5.41 Å². The molecule has 1 aliphatic heterocycles. The summed E-state index contributed by atoms with van der Waals surface area (Å²) in [4.78, 5) is 34.2. The number of Topliss-reactive ketones (excluding diaryl/α,β-unsaturated/α-hetero) is 2. The van der Waals surface area contributed by atoms with E-state index in [1.165, 1.54) is 0 Å². The van der Waals surface area contributed by atoms with Gasteiger partial charge in [-0.1, -0.05) is 12.1 Å². The predicted molar refractivity (Wildman–Crippen MR) is 81.7 cm³/mol. The molecule has 0 spiro atoms. The van der Waals surface area contributed by atoms with Gasteiger partial charge in [0.05, 0.1) is 11.4 Å². The molecule has 0 amide bonds. The zero-order chi connectivity index (χ0) is 14.9. The van der Waals surface area contributed by atoms with Crippen LogP contribution in [-0.4, -0.2) is 28.8 Å². The van der Waals surface area contributed by atoms with Gasteiger partial charge in [-0.2, -0.15) is 0 Å². The SMILES string of the molecule is O=C1CC23CC(=O)CC2(C1)c1cccnc1C1=CCCN=C13. The normalized spacial score (nSPS) is 35.3. The zero-order valence-electron chi connectivity index (χ0n) is 12.3. The second-order valence-corrected chi connectivity index (χ2v) is 6.99. The van der Waals surface area contributed by atoms with Gasteiger partial charge in [-0.3, -0.25) is 19.6 Å². The highest BCUT2D eigenvalue weighted by molar-refractivity contribution is 6.31. The summed E-state index contributed by atoms with van der Waals surface area (Å²) in [7, 11) is 0. The summed E-state index contributed by atoms with van der Waals surface area (Å²) in [6.45, 7) is 0.751. The number of ketones is 2. The van der Waals surface area contributed by atoms with Crippen molar-refractivity contribution < 1.29 is 9.59 Å². The third-order valence-electron chi connectivity index (χ3n) is 5.95. The number of aliphatic imine (C=N–C) groups is 1. The third-order valence-corrected chi connectivity index (χ3v) is 5.95. The molecule has 3 aliphatic carbocycles. The van der Waals surface area contributed by atoms with Crippen molar-refractivity contribution in [1.82, 2.24) is 4.98 Å².